The molecule has 0 saturated carbocycles. The van der Waals surface area contributed by atoms with Gasteiger partial charge in [-0.2, -0.15) is 0 Å². The van der Waals surface area contributed by atoms with E-state index < -0.39 is 32.2 Å². The van der Waals surface area contributed by atoms with Crippen LogP contribution in [0, 0.1) is 0 Å². The molecule has 14 heteroatoms. The lowest BCUT2D eigenvalue weighted by Crippen LogP contribution is -2.71. The zero-order chi connectivity index (χ0) is 12.2. The Morgan fingerprint density at radius 1 is 1.14 bits per heavy atom. The molecule has 1 N–H and O–H groups in total. The van der Waals surface area contributed by atoms with Crippen LogP contribution in [0.1, 0.15) is 0 Å². The molecule has 0 aromatic heterocycles. The Balaban J connectivity index is 4.84. The summed E-state index contributed by atoms with van der Waals surface area (Å²) in [6, 6.07) is 0. The molecule has 0 rings (SSSR count). The third-order valence-electron chi connectivity index (χ3n) is 2.01. The van der Waals surface area contributed by atoms with Gasteiger partial charge >= 0.3 is 0 Å². The summed E-state index contributed by atoms with van der Waals surface area (Å²) < 4.78 is 8.62. The zero-order valence-electron chi connectivity index (χ0n) is 8.75. The quantitative estimate of drug-likeness (QED) is 0.294. The molecule has 0 saturated heterocycles. The van der Waals surface area contributed by atoms with Gasteiger partial charge in [-0.25, -0.2) is 0 Å². The average Bonchev–Trinajstić information content (AvgIpc) is 2.10. The fraction of sp³-hybridized carbons (Fsp3) is 0. The number of rotatable bonds is 6. The lowest BCUT2D eigenvalue weighted by atomic mass is 8.56. The van der Waals surface area contributed by atoms with Crippen LogP contribution in [-0.2, 0) is 0 Å². The second kappa shape index (κ2) is 7.70. The first-order valence-electron chi connectivity index (χ1n) is 4.54. The van der Waals surface area contributed by atoms with Gasteiger partial charge in [-0.05, 0) is 0 Å². The van der Waals surface area contributed by atoms with Crippen molar-refractivity contribution in [2.75, 3.05) is 0 Å². The molecule has 0 aliphatic carbocycles. The Hall–Kier alpha value is 1.47. The van der Waals surface area contributed by atoms with Crippen molar-refractivity contribution in [2.45, 2.75) is 0 Å². The van der Waals surface area contributed by atoms with Crippen molar-refractivity contribution in [3.8, 4) is 0 Å². The minimum Gasteiger partial charge on any atom is -0.319 e. The van der Waals surface area contributed by atoms with Crippen LogP contribution in [0.4, 0.5) is 0 Å². The molecule has 0 atom stereocenters. The maximum atomic E-state index is 7.53. The van der Waals surface area contributed by atoms with E-state index >= 15 is 0 Å². The van der Waals surface area contributed by atoms with Crippen LogP contribution in [0.25, 0.3) is 0 Å². The van der Waals surface area contributed by atoms with Crippen molar-refractivity contribution in [3.63, 3.8) is 0 Å². The maximum absolute atomic E-state index is 7.53. The SMILES string of the molecule is [3H]N(I)B(B([B])[B][B])B(B([B])[B])B([B])[B]. The molecule has 1 nitrogen and oxygen atoms in total. The summed E-state index contributed by atoms with van der Waals surface area (Å²) in [6.07, 6.45) is -2.62. The Kier molecular flexibility index (Phi) is 7.44. The van der Waals surface area contributed by atoms with E-state index in [0.29, 0.717) is 0 Å². The smallest absolute Gasteiger partial charge is 0.129 e. The van der Waals surface area contributed by atoms with Crippen molar-refractivity contribution in [1.29, 1.82) is 0 Å². The highest BCUT2D eigenvalue weighted by molar-refractivity contribution is 14.1. The van der Waals surface area contributed by atoms with Gasteiger partial charge in [0, 0.05) is 102 Å². The van der Waals surface area contributed by atoms with Crippen molar-refractivity contribution in [1.82, 2.24) is 3.43 Å². The van der Waals surface area contributed by atoms with E-state index in [2.05, 4.69) is 0 Å². The van der Waals surface area contributed by atoms with Crippen LogP contribution in [0.15, 0.2) is 0 Å². The monoisotopic (exact) mass is 276 g/mol. The molecule has 13 radical (unpaired) electrons. The summed E-state index contributed by atoms with van der Waals surface area (Å²) in [5, 5.41) is 0. The van der Waals surface area contributed by atoms with Crippen LogP contribution in [-0.4, -0.2) is 85.7 Å². The second-order valence-corrected chi connectivity index (χ2v) is 3.65. The van der Waals surface area contributed by atoms with E-state index in [4.69, 9.17) is 47.8 Å². The molecule has 0 unspecified atom stereocenters. The molecule has 0 fully saturated rings. The summed E-state index contributed by atoms with van der Waals surface area (Å²) in [5.74, 6) is 0. The van der Waals surface area contributed by atoms with E-state index in [1.165, 1.54) is 7.06 Å². The number of halogens is 1. The molecular weight excluding hydrogens is 271 g/mol. The molecule has 0 aromatic rings. The third-order valence-corrected chi connectivity index (χ3v) is 2.66. The van der Waals surface area contributed by atoms with Crippen molar-refractivity contribution < 1.29 is 1.41 Å². The average molecular weight is 274 g/mol. The Bertz CT molecular complexity index is 163. The van der Waals surface area contributed by atoms with Gasteiger partial charge in [0.15, 0.2) is 0 Å². The van der Waals surface area contributed by atoms with Crippen LogP contribution in [0.3, 0.4) is 0 Å². The van der Waals surface area contributed by atoms with Gasteiger partial charge in [-0.15, -0.1) is 0 Å². The Labute approximate surface area is 113 Å². The molecular formula is HB12IN. The lowest BCUT2D eigenvalue weighted by Gasteiger charge is -2.30. The van der Waals surface area contributed by atoms with Gasteiger partial charge in [0.05, 0.1) is 0 Å². The van der Waals surface area contributed by atoms with E-state index in [0.717, 1.165) is 3.43 Å². The highest BCUT2D eigenvalue weighted by Crippen LogP contribution is 1.96. The first-order valence-corrected chi connectivity index (χ1v) is 5.06. The third kappa shape index (κ3) is 4.54. The highest BCUT2D eigenvalue weighted by Gasteiger charge is 2.35. The zero-order valence-corrected chi connectivity index (χ0v) is 9.91. The Morgan fingerprint density at radius 2 is 1.57 bits per heavy atom. The standard InChI is InChI=1S/B12HIN/c1-7-10(6)12(14-13)11(8(2)3)9(4)5/h14H/i/hT. The molecule has 0 aliphatic heterocycles. The maximum Gasteiger partial charge on any atom is 0.129 e. The molecule has 0 aromatic carbocycles. The normalized spacial score (nSPS) is 10.3. The van der Waals surface area contributed by atoms with Crippen LogP contribution >= 0.6 is 22.9 Å². The van der Waals surface area contributed by atoms with Gasteiger partial charge in [0.2, 0.25) is 0 Å². The second-order valence-electron chi connectivity index (χ2n) is 3.09. The van der Waals surface area contributed by atoms with Gasteiger partial charge in [-0.1, -0.05) is 0 Å². The van der Waals surface area contributed by atoms with Gasteiger partial charge in [-0.3, -0.25) is 0 Å². The van der Waals surface area contributed by atoms with Crippen LogP contribution in [0.5, 0.6) is 0 Å². The topological polar surface area (TPSA) is 12.0 Å². The predicted octanol–water partition coefficient (Wildman–Crippen LogP) is -4.18. The van der Waals surface area contributed by atoms with Gasteiger partial charge in [0.25, 0.3) is 0 Å². The summed E-state index contributed by atoms with van der Waals surface area (Å²) in [4.78, 5) is 0. The lowest BCUT2D eigenvalue weighted by molar-refractivity contribution is 1.79. The summed E-state index contributed by atoms with van der Waals surface area (Å²) in [6.45, 7) is -0.532. The number of hydrogen-bond acceptors (Lipinski definition) is 1. The first-order chi connectivity index (χ1) is 6.82. The summed E-state index contributed by atoms with van der Waals surface area (Å²) in [7, 11) is 34.6. The molecule has 0 bridgehead atoms. The van der Waals surface area contributed by atoms with Gasteiger partial charge in [0.1, 0.15) is 8.04 Å². The van der Waals surface area contributed by atoms with E-state index in [1.54, 1.807) is 22.9 Å². The van der Waals surface area contributed by atoms with E-state index in [-0.39, 0.29) is 0 Å². The Morgan fingerprint density at radius 3 is 1.79 bits per heavy atom. The molecule has 0 heterocycles. The van der Waals surface area contributed by atoms with Crippen molar-refractivity contribution in [2.24, 2.45) is 0 Å². The van der Waals surface area contributed by atoms with Crippen molar-refractivity contribution >= 4 is 109 Å². The largest absolute Gasteiger partial charge is 0.319 e. The fourth-order valence-corrected chi connectivity index (χ4v) is 1.96. The van der Waals surface area contributed by atoms with Crippen LogP contribution in [0.2, 0.25) is 1.41 Å². The molecule has 0 aliphatic rings. The van der Waals surface area contributed by atoms with E-state index in [1.807, 2.05) is 0 Å². The molecule has 0 spiro atoms. The summed E-state index contributed by atoms with van der Waals surface area (Å²) in [5.41, 5.74) is 0. The first kappa shape index (κ1) is 13.5. The fourth-order valence-electron chi connectivity index (χ4n) is 1.21. The minimum absolute atomic E-state index is 0.519. The summed E-state index contributed by atoms with van der Waals surface area (Å²) >= 11 is 1.75. The molecule has 49 valence electrons. The van der Waals surface area contributed by atoms with E-state index in [9.17, 15) is 0 Å². The minimum atomic E-state index is -0.761. The number of hydrogen-bond donors (Lipinski definition) is 1. The van der Waals surface area contributed by atoms with Gasteiger partial charge < -0.3 is 3.43 Å². The predicted molar refractivity (Wildman–Crippen MR) is 86.2 cm³/mol. The number of nitrogens with one attached hydrogen (secondary N) is 1. The van der Waals surface area contributed by atoms with Crippen molar-refractivity contribution in [3.05, 3.63) is 0 Å². The highest BCUT2D eigenvalue weighted by atomic mass is 127. The van der Waals surface area contributed by atoms with Crippen LogP contribution < -0.4 is 3.43 Å². The molecule has 14 heavy (non-hydrogen) atoms. The molecule has 0 amide bonds.